The van der Waals surface area contributed by atoms with Crippen molar-refractivity contribution in [3.05, 3.63) is 71.4 Å². The quantitative estimate of drug-likeness (QED) is 0.571. The fourth-order valence-electron chi connectivity index (χ4n) is 3.17. The second-order valence-electron chi connectivity index (χ2n) is 5.70. The van der Waals surface area contributed by atoms with E-state index in [4.69, 9.17) is 16.0 Å². The topological polar surface area (TPSA) is 51.2 Å². The first-order valence-corrected chi connectivity index (χ1v) is 7.97. The van der Waals surface area contributed by atoms with Gasteiger partial charge in [-0.05, 0) is 42.3 Å². The van der Waals surface area contributed by atoms with Crippen LogP contribution in [0.5, 0.6) is 5.75 Å². The molecular weight excluding hydrogens is 324 g/mol. The van der Waals surface area contributed by atoms with Gasteiger partial charge in [0.05, 0.1) is 36.4 Å². The molecule has 0 saturated carbocycles. The second kappa shape index (κ2) is 5.73. The van der Waals surface area contributed by atoms with Gasteiger partial charge in [0.2, 0.25) is 0 Å². The highest BCUT2D eigenvalue weighted by Gasteiger charge is 2.19. The predicted molar refractivity (Wildman–Crippen MR) is 94.4 cm³/mol. The van der Waals surface area contributed by atoms with Crippen molar-refractivity contribution in [1.29, 1.82) is 0 Å². The van der Waals surface area contributed by atoms with Crippen molar-refractivity contribution in [3.8, 4) is 17.0 Å². The lowest BCUT2D eigenvalue weighted by atomic mass is 10.1. The number of aromatic hydroxyl groups is 1. The Morgan fingerprint density at radius 2 is 1.96 bits per heavy atom. The molecule has 0 fully saturated rings. The van der Waals surface area contributed by atoms with E-state index in [-0.39, 0.29) is 5.75 Å². The Morgan fingerprint density at radius 1 is 1.17 bits per heavy atom. The van der Waals surface area contributed by atoms with Gasteiger partial charge in [-0.25, -0.2) is 0 Å². The van der Waals surface area contributed by atoms with Gasteiger partial charge in [0.1, 0.15) is 11.5 Å². The molecule has 0 spiro atoms. The molecule has 4 rings (SSSR count). The Bertz CT molecular complexity index is 1000. The van der Waals surface area contributed by atoms with Crippen molar-refractivity contribution >= 4 is 22.5 Å². The molecule has 0 radical (unpaired) electrons. The Morgan fingerprint density at radius 3 is 2.67 bits per heavy atom. The highest BCUT2D eigenvalue weighted by atomic mass is 35.5. The summed E-state index contributed by atoms with van der Waals surface area (Å²) >= 11 is 6.03. The summed E-state index contributed by atoms with van der Waals surface area (Å²) in [6, 6.07) is 11.5. The van der Waals surface area contributed by atoms with Crippen molar-refractivity contribution in [3.63, 3.8) is 0 Å². The molecular formula is C19H15ClN2O2. The number of pyridine rings is 1. The van der Waals surface area contributed by atoms with Gasteiger partial charge in [-0.1, -0.05) is 23.7 Å². The fraction of sp³-hybridized carbons (Fsp3) is 0.105. The Balaban J connectivity index is 2.01. The lowest BCUT2D eigenvalue weighted by Gasteiger charge is -2.10. The number of rotatable bonds is 3. The van der Waals surface area contributed by atoms with Gasteiger partial charge < -0.3 is 14.1 Å². The first-order valence-electron chi connectivity index (χ1n) is 7.59. The molecule has 0 aliphatic heterocycles. The number of furan rings is 1. The van der Waals surface area contributed by atoms with Crippen molar-refractivity contribution in [2.75, 3.05) is 0 Å². The van der Waals surface area contributed by atoms with E-state index < -0.39 is 0 Å². The standard InChI is InChI=1S/C19H15ClN2O2/c1-12-18-16(9-21-10-17(18)23)22(11-15-3-2-8-24-15)19(12)13-4-6-14(20)7-5-13/h2-10,23H,11H2,1H3. The third-order valence-electron chi connectivity index (χ3n) is 4.21. The average Bonchev–Trinajstić information content (AvgIpc) is 3.17. The minimum Gasteiger partial charge on any atom is -0.506 e. The van der Waals surface area contributed by atoms with Gasteiger partial charge in [0.25, 0.3) is 0 Å². The van der Waals surface area contributed by atoms with Crippen LogP contribution < -0.4 is 0 Å². The van der Waals surface area contributed by atoms with E-state index in [0.717, 1.165) is 33.5 Å². The summed E-state index contributed by atoms with van der Waals surface area (Å²) in [4.78, 5) is 4.14. The number of hydrogen-bond donors (Lipinski definition) is 1. The molecule has 4 aromatic rings. The molecule has 4 nitrogen and oxygen atoms in total. The lowest BCUT2D eigenvalue weighted by molar-refractivity contribution is 0.478. The zero-order chi connectivity index (χ0) is 16.7. The smallest absolute Gasteiger partial charge is 0.143 e. The van der Waals surface area contributed by atoms with Crippen LogP contribution in [0.4, 0.5) is 0 Å². The molecule has 0 unspecified atom stereocenters. The number of nitrogens with zero attached hydrogens (tertiary/aromatic N) is 2. The predicted octanol–water partition coefficient (Wildman–Crippen LogP) is 5.01. The third kappa shape index (κ3) is 2.36. The number of aryl methyl sites for hydroxylation is 1. The molecule has 0 bridgehead atoms. The third-order valence-corrected chi connectivity index (χ3v) is 4.46. The van der Waals surface area contributed by atoms with E-state index >= 15 is 0 Å². The molecule has 5 heteroatoms. The molecule has 1 aromatic carbocycles. The molecule has 0 aliphatic carbocycles. The largest absolute Gasteiger partial charge is 0.506 e. The maximum absolute atomic E-state index is 10.3. The number of benzene rings is 1. The molecule has 24 heavy (non-hydrogen) atoms. The number of aromatic nitrogens is 2. The molecule has 1 N–H and O–H groups in total. The van der Waals surface area contributed by atoms with Crippen molar-refractivity contribution in [1.82, 2.24) is 9.55 Å². The van der Waals surface area contributed by atoms with Crippen LogP contribution in [0, 0.1) is 6.92 Å². The van der Waals surface area contributed by atoms with Gasteiger partial charge in [0, 0.05) is 10.4 Å². The maximum Gasteiger partial charge on any atom is 0.143 e. The summed E-state index contributed by atoms with van der Waals surface area (Å²) in [7, 11) is 0. The van der Waals surface area contributed by atoms with Gasteiger partial charge in [-0.2, -0.15) is 0 Å². The van der Waals surface area contributed by atoms with Gasteiger partial charge in [-0.3, -0.25) is 4.98 Å². The summed E-state index contributed by atoms with van der Waals surface area (Å²) in [6.07, 6.45) is 4.90. The minimum absolute atomic E-state index is 0.179. The minimum atomic E-state index is 0.179. The number of hydrogen-bond acceptors (Lipinski definition) is 3. The van der Waals surface area contributed by atoms with E-state index in [0.29, 0.717) is 11.6 Å². The van der Waals surface area contributed by atoms with Crippen LogP contribution in [0.15, 0.2) is 59.5 Å². The number of halogens is 1. The fourth-order valence-corrected chi connectivity index (χ4v) is 3.30. The van der Waals surface area contributed by atoms with Gasteiger partial charge in [-0.15, -0.1) is 0 Å². The zero-order valence-electron chi connectivity index (χ0n) is 13.0. The van der Waals surface area contributed by atoms with E-state index in [2.05, 4.69) is 9.55 Å². The van der Waals surface area contributed by atoms with Gasteiger partial charge >= 0.3 is 0 Å². The van der Waals surface area contributed by atoms with Crippen LogP contribution in [0.1, 0.15) is 11.3 Å². The Hall–Kier alpha value is -2.72. The molecule has 0 saturated heterocycles. The van der Waals surface area contributed by atoms with Crippen LogP contribution in [0.2, 0.25) is 5.02 Å². The van der Waals surface area contributed by atoms with Crippen LogP contribution >= 0.6 is 11.6 Å². The second-order valence-corrected chi connectivity index (χ2v) is 6.14. The van der Waals surface area contributed by atoms with Crippen molar-refractivity contribution in [2.24, 2.45) is 0 Å². The summed E-state index contributed by atoms with van der Waals surface area (Å²) in [6.45, 7) is 2.56. The first kappa shape index (κ1) is 14.8. The highest BCUT2D eigenvalue weighted by Crippen LogP contribution is 2.37. The molecule has 3 aromatic heterocycles. The SMILES string of the molecule is Cc1c(-c2ccc(Cl)cc2)n(Cc2ccco2)c2cncc(O)c12. The molecule has 0 amide bonds. The van der Waals surface area contributed by atoms with Gasteiger partial charge in [0.15, 0.2) is 0 Å². The summed E-state index contributed by atoms with van der Waals surface area (Å²) < 4.78 is 7.62. The normalized spacial score (nSPS) is 11.2. The first-order chi connectivity index (χ1) is 11.6. The molecule has 0 atom stereocenters. The average molecular weight is 339 g/mol. The Kier molecular flexibility index (Phi) is 3.54. The summed E-state index contributed by atoms with van der Waals surface area (Å²) in [5.74, 6) is 1.02. The van der Waals surface area contributed by atoms with Crippen molar-refractivity contribution < 1.29 is 9.52 Å². The van der Waals surface area contributed by atoms with Crippen LogP contribution in [0.3, 0.4) is 0 Å². The van der Waals surface area contributed by atoms with E-state index in [9.17, 15) is 5.11 Å². The lowest BCUT2D eigenvalue weighted by Crippen LogP contribution is -2.01. The molecule has 3 heterocycles. The summed E-state index contributed by atoms with van der Waals surface area (Å²) in [5, 5.41) is 11.8. The Labute approximate surface area is 143 Å². The molecule has 120 valence electrons. The van der Waals surface area contributed by atoms with Crippen LogP contribution in [-0.2, 0) is 6.54 Å². The monoisotopic (exact) mass is 338 g/mol. The zero-order valence-corrected chi connectivity index (χ0v) is 13.8. The highest BCUT2D eigenvalue weighted by molar-refractivity contribution is 6.30. The van der Waals surface area contributed by atoms with E-state index in [1.807, 2.05) is 43.3 Å². The molecule has 0 aliphatic rings. The maximum atomic E-state index is 10.3. The summed E-state index contributed by atoms with van der Waals surface area (Å²) in [5.41, 5.74) is 3.91. The van der Waals surface area contributed by atoms with Crippen LogP contribution in [0.25, 0.3) is 22.2 Å². The van der Waals surface area contributed by atoms with Crippen molar-refractivity contribution in [2.45, 2.75) is 13.5 Å². The van der Waals surface area contributed by atoms with Crippen LogP contribution in [-0.4, -0.2) is 14.7 Å². The van der Waals surface area contributed by atoms with E-state index in [1.165, 1.54) is 6.20 Å². The van der Waals surface area contributed by atoms with E-state index in [1.54, 1.807) is 12.5 Å². The number of fused-ring (bicyclic) bond motifs is 1.